The zero-order valence-corrected chi connectivity index (χ0v) is 18.4. The van der Waals surface area contributed by atoms with Crippen molar-refractivity contribution in [3.8, 4) is 17.0 Å². The third-order valence-electron chi connectivity index (χ3n) is 6.02. The van der Waals surface area contributed by atoms with E-state index in [2.05, 4.69) is 31.7 Å². The number of methoxy groups -OCH3 is 1. The summed E-state index contributed by atoms with van der Waals surface area (Å²) in [5.74, 6) is 2.92. The maximum atomic E-state index is 12.5. The number of hydrogen-bond donors (Lipinski definition) is 2. The molecule has 0 atom stereocenters. The van der Waals surface area contributed by atoms with Crippen LogP contribution in [0.2, 0.25) is 0 Å². The van der Waals surface area contributed by atoms with Gasteiger partial charge in [-0.2, -0.15) is 0 Å². The molecule has 31 heavy (non-hydrogen) atoms. The minimum absolute atomic E-state index is 0.159. The molecule has 1 aliphatic heterocycles. The number of imidazole rings is 2. The SMILES string of the molecule is CCn1ccnc1CN1CCC(c2nc(-c3ccc(OC)cc3)c(C(=O)NC)[nH]2)CC1. The Kier molecular flexibility index (Phi) is 6.36. The van der Waals surface area contributed by atoms with Gasteiger partial charge in [0.25, 0.3) is 5.91 Å². The van der Waals surface area contributed by atoms with Gasteiger partial charge in [0.15, 0.2) is 0 Å². The molecule has 8 heteroatoms. The molecule has 0 saturated carbocycles. The highest BCUT2D eigenvalue weighted by atomic mass is 16.5. The number of nitrogens with one attached hydrogen (secondary N) is 2. The maximum Gasteiger partial charge on any atom is 0.269 e. The quantitative estimate of drug-likeness (QED) is 0.611. The first-order chi connectivity index (χ1) is 15.1. The van der Waals surface area contributed by atoms with E-state index in [1.807, 2.05) is 36.7 Å². The number of H-pyrrole nitrogens is 1. The minimum Gasteiger partial charge on any atom is -0.497 e. The lowest BCUT2D eigenvalue weighted by Gasteiger charge is -2.30. The van der Waals surface area contributed by atoms with Gasteiger partial charge in [-0.1, -0.05) is 0 Å². The highest BCUT2D eigenvalue weighted by Crippen LogP contribution is 2.31. The molecule has 1 fully saturated rings. The number of carbonyl (C=O) groups is 1. The van der Waals surface area contributed by atoms with Crippen LogP contribution in [0.1, 0.15) is 47.8 Å². The number of ether oxygens (including phenoxy) is 1. The predicted octanol–water partition coefficient (Wildman–Crippen LogP) is 3.04. The van der Waals surface area contributed by atoms with Crippen LogP contribution in [0.25, 0.3) is 11.3 Å². The number of hydrogen-bond acceptors (Lipinski definition) is 5. The smallest absolute Gasteiger partial charge is 0.269 e. The predicted molar refractivity (Wildman–Crippen MR) is 119 cm³/mol. The summed E-state index contributed by atoms with van der Waals surface area (Å²) in [5.41, 5.74) is 2.09. The van der Waals surface area contributed by atoms with Gasteiger partial charge in [-0.15, -0.1) is 0 Å². The highest BCUT2D eigenvalue weighted by Gasteiger charge is 2.26. The lowest BCUT2D eigenvalue weighted by molar-refractivity contribution is 0.0959. The van der Waals surface area contributed by atoms with Crippen molar-refractivity contribution in [2.24, 2.45) is 0 Å². The number of carbonyl (C=O) groups excluding carboxylic acids is 1. The molecule has 0 unspecified atom stereocenters. The number of nitrogens with zero attached hydrogens (tertiary/aromatic N) is 4. The Morgan fingerprint density at radius 3 is 2.65 bits per heavy atom. The van der Waals surface area contributed by atoms with Crippen LogP contribution in [0.4, 0.5) is 0 Å². The molecule has 0 bridgehead atoms. The summed E-state index contributed by atoms with van der Waals surface area (Å²) >= 11 is 0. The monoisotopic (exact) mass is 422 g/mol. The molecule has 1 saturated heterocycles. The lowest BCUT2D eigenvalue weighted by Crippen LogP contribution is -2.33. The number of likely N-dealkylation sites (tertiary alicyclic amines) is 1. The molecule has 0 radical (unpaired) electrons. The number of aromatic nitrogens is 4. The first kappa shape index (κ1) is 21.1. The summed E-state index contributed by atoms with van der Waals surface area (Å²) < 4.78 is 7.44. The molecule has 3 aromatic rings. The van der Waals surface area contributed by atoms with Crippen LogP contribution in [-0.2, 0) is 13.1 Å². The van der Waals surface area contributed by atoms with Crippen LogP contribution in [-0.4, -0.2) is 57.6 Å². The van der Waals surface area contributed by atoms with E-state index in [1.165, 1.54) is 0 Å². The van der Waals surface area contributed by atoms with Gasteiger partial charge in [0.2, 0.25) is 0 Å². The fourth-order valence-corrected chi connectivity index (χ4v) is 4.18. The van der Waals surface area contributed by atoms with Gasteiger partial charge in [0.05, 0.1) is 13.7 Å². The van der Waals surface area contributed by atoms with Gasteiger partial charge < -0.3 is 19.6 Å². The Labute approximate surface area is 182 Å². The average Bonchev–Trinajstić information content (AvgIpc) is 3.46. The van der Waals surface area contributed by atoms with E-state index in [4.69, 9.17) is 9.72 Å². The van der Waals surface area contributed by atoms with E-state index in [9.17, 15) is 4.79 Å². The first-order valence-corrected chi connectivity index (χ1v) is 10.8. The Morgan fingerprint density at radius 1 is 1.26 bits per heavy atom. The summed E-state index contributed by atoms with van der Waals surface area (Å²) in [6.45, 7) is 5.91. The largest absolute Gasteiger partial charge is 0.497 e. The van der Waals surface area contributed by atoms with E-state index in [0.29, 0.717) is 17.3 Å². The minimum atomic E-state index is -0.159. The van der Waals surface area contributed by atoms with Gasteiger partial charge >= 0.3 is 0 Å². The zero-order chi connectivity index (χ0) is 21.8. The van der Waals surface area contributed by atoms with Gasteiger partial charge in [-0.05, 0) is 57.1 Å². The number of rotatable bonds is 7. The van der Waals surface area contributed by atoms with E-state index >= 15 is 0 Å². The molecule has 1 amide bonds. The van der Waals surface area contributed by atoms with Crippen molar-refractivity contribution < 1.29 is 9.53 Å². The van der Waals surface area contributed by atoms with Crippen LogP contribution in [0.3, 0.4) is 0 Å². The lowest BCUT2D eigenvalue weighted by atomic mass is 9.96. The summed E-state index contributed by atoms with van der Waals surface area (Å²) in [6.07, 6.45) is 5.90. The van der Waals surface area contributed by atoms with Crippen molar-refractivity contribution in [3.63, 3.8) is 0 Å². The average molecular weight is 423 g/mol. The number of aryl methyl sites for hydroxylation is 1. The number of piperidine rings is 1. The van der Waals surface area contributed by atoms with Crippen molar-refractivity contribution in [2.45, 2.75) is 38.8 Å². The molecule has 2 N–H and O–H groups in total. The third-order valence-corrected chi connectivity index (χ3v) is 6.02. The second-order valence-corrected chi connectivity index (χ2v) is 7.83. The van der Waals surface area contributed by atoms with E-state index in [-0.39, 0.29) is 5.91 Å². The molecule has 0 aliphatic carbocycles. The van der Waals surface area contributed by atoms with E-state index in [0.717, 1.165) is 62.0 Å². The molecule has 1 aliphatic rings. The van der Waals surface area contributed by atoms with Gasteiger partial charge in [0.1, 0.15) is 28.8 Å². The second-order valence-electron chi connectivity index (χ2n) is 7.83. The van der Waals surface area contributed by atoms with Crippen molar-refractivity contribution >= 4 is 5.91 Å². The molecular weight excluding hydrogens is 392 g/mol. The molecule has 0 spiro atoms. The Morgan fingerprint density at radius 2 is 2.00 bits per heavy atom. The van der Waals surface area contributed by atoms with Gasteiger partial charge in [-0.3, -0.25) is 9.69 Å². The fourth-order valence-electron chi connectivity index (χ4n) is 4.18. The van der Waals surface area contributed by atoms with Crippen molar-refractivity contribution in [1.82, 2.24) is 29.7 Å². The number of aromatic amines is 1. The van der Waals surface area contributed by atoms with Crippen LogP contribution >= 0.6 is 0 Å². The summed E-state index contributed by atoms with van der Waals surface area (Å²) in [6, 6.07) is 7.64. The van der Waals surface area contributed by atoms with E-state index in [1.54, 1.807) is 14.2 Å². The van der Waals surface area contributed by atoms with Crippen LogP contribution in [0.5, 0.6) is 5.75 Å². The first-order valence-electron chi connectivity index (χ1n) is 10.8. The van der Waals surface area contributed by atoms with Crippen LogP contribution < -0.4 is 10.1 Å². The summed E-state index contributed by atoms with van der Waals surface area (Å²) in [4.78, 5) is 27.6. The molecule has 1 aromatic carbocycles. The normalized spacial score (nSPS) is 15.2. The van der Waals surface area contributed by atoms with Crippen molar-refractivity contribution in [3.05, 3.63) is 54.0 Å². The summed E-state index contributed by atoms with van der Waals surface area (Å²) in [7, 11) is 3.28. The topological polar surface area (TPSA) is 88.1 Å². The summed E-state index contributed by atoms with van der Waals surface area (Å²) in [5, 5.41) is 2.72. The number of benzene rings is 1. The van der Waals surface area contributed by atoms with Crippen molar-refractivity contribution in [1.29, 1.82) is 0 Å². The second kappa shape index (κ2) is 9.34. The maximum absolute atomic E-state index is 12.5. The van der Waals surface area contributed by atoms with Crippen LogP contribution in [0.15, 0.2) is 36.7 Å². The Balaban J connectivity index is 1.49. The Bertz CT molecular complexity index is 1020. The Hall–Kier alpha value is -3.13. The standard InChI is InChI=1S/C23H30N6O2/c1-4-29-14-11-25-19(29)15-28-12-9-17(10-13-28)22-26-20(21(27-22)23(30)24-2)16-5-7-18(31-3)8-6-16/h5-8,11,14,17H,4,9-10,12-13,15H2,1-3H3,(H,24,30)(H,26,27). The van der Waals surface area contributed by atoms with E-state index < -0.39 is 0 Å². The molecule has 8 nitrogen and oxygen atoms in total. The zero-order valence-electron chi connectivity index (χ0n) is 18.4. The molecule has 3 heterocycles. The van der Waals surface area contributed by atoms with Crippen molar-refractivity contribution in [2.75, 3.05) is 27.2 Å². The van der Waals surface area contributed by atoms with Gasteiger partial charge in [0, 0.05) is 37.5 Å². The third kappa shape index (κ3) is 4.49. The molecule has 4 rings (SSSR count). The number of amides is 1. The molecular formula is C23H30N6O2. The molecule has 164 valence electrons. The van der Waals surface area contributed by atoms with Crippen LogP contribution in [0, 0.1) is 0 Å². The highest BCUT2D eigenvalue weighted by molar-refractivity contribution is 5.98. The van der Waals surface area contributed by atoms with Gasteiger partial charge in [-0.25, -0.2) is 9.97 Å². The molecule has 2 aromatic heterocycles. The fraction of sp³-hybridized carbons (Fsp3) is 0.435.